The number of hydrogen-bond donors (Lipinski definition) is 2. The van der Waals surface area contributed by atoms with Crippen LogP contribution in [0.25, 0.3) is 10.6 Å². The number of furan rings is 1. The van der Waals surface area contributed by atoms with Crippen molar-refractivity contribution in [2.75, 3.05) is 6.54 Å². The summed E-state index contributed by atoms with van der Waals surface area (Å²) < 4.78 is 5.06. The molecule has 132 valence electrons. The summed E-state index contributed by atoms with van der Waals surface area (Å²) in [4.78, 5) is 29.8. The lowest BCUT2D eigenvalue weighted by Crippen LogP contribution is -2.57. The molecule has 2 fully saturated rings. The first-order valence-electron chi connectivity index (χ1n) is 8.75. The Hall–Kier alpha value is -2.15. The van der Waals surface area contributed by atoms with E-state index in [-0.39, 0.29) is 11.8 Å². The second-order valence-electron chi connectivity index (χ2n) is 6.95. The highest BCUT2D eigenvalue weighted by Crippen LogP contribution is 2.32. The van der Waals surface area contributed by atoms with Crippen molar-refractivity contribution >= 4 is 23.2 Å². The standard InChI is InChI=1S/C18H21N3O3S/c22-15(14-11-25-16(20-14)13-5-8-24-10-13)21-18(6-1-2-7-18)17(23)19-9-12-3-4-12/h5,8,10-12H,1-4,6-7,9H2,(H,19,23)(H,21,22). The van der Waals surface area contributed by atoms with Crippen LogP contribution in [0.1, 0.15) is 49.0 Å². The molecule has 2 saturated carbocycles. The van der Waals surface area contributed by atoms with E-state index < -0.39 is 5.54 Å². The van der Waals surface area contributed by atoms with E-state index in [4.69, 9.17) is 4.42 Å². The van der Waals surface area contributed by atoms with Gasteiger partial charge in [0, 0.05) is 17.5 Å². The first-order valence-corrected chi connectivity index (χ1v) is 9.63. The van der Waals surface area contributed by atoms with Crippen molar-refractivity contribution in [1.29, 1.82) is 0 Å². The van der Waals surface area contributed by atoms with Gasteiger partial charge in [-0.1, -0.05) is 12.8 Å². The van der Waals surface area contributed by atoms with Gasteiger partial charge in [0.25, 0.3) is 5.91 Å². The second kappa shape index (κ2) is 6.63. The monoisotopic (exact) mass is 359 g/mol. The fourth-order valence-corrected chi connectivity index (χ4v) is 4.08. The fourth-order valence-electron chi connectivity index (χ4n) is 3.29. The third kappa shape index (κ3) is 3.46. The number of nitrogens with zero attached hydrogens (tertiary/aromatic N) is 1. The fraction of sp³-hybridized carbons (Fsp3) is 0.500. The summed E-state index contributed by atoms with van der Waals surface area (Å²) in [7, 11) is 0. The lowest BCUT2D eigenvalue weighted by Gasteiger charge is -2.28. The molecular formula is C18H21N3O3S. The Kier molecular flexibility index (Phi) is 4.33. The average molecular weight is 359 g/mol. The van der Waals surface area contributed by atoms with E-state index in [9.17, 15) is 9.59 Å². The molecule has 2 aromatic heterocycles. The van der Waals surface area contributed by atoms with Crippen LogP contribution >= 0.6 is 11.3 Å². The van der Waals surface area contributed by atoms with Crippen molar-refractivity contribution in [3.8, 4) is 10.6 Å². The predicted molar refractivity (Wildman–Crippen MR) is 94.2 cm³/mol. The first-order chi connectivity index (χ1) is 12.2. The topological polar surface area (TPSA) is 84.2 Å². The van der Waals surface area contributed by atoms with Gasteiger partial charge < -0.3 is 15.1 Å². The predicted octanol–water partition coefficient (Wildman–Crippen LogP) is 2.97. The minimum absolute atomic E-state index is 0.0458. The van der Waals surface area contributed by atoms with E-state index >= 15 is 0 Å². The van der Waals surface area contributed by atoms with Crippen LogP contribution in [0, 0.1) is 5.92 Å². The zero-order valence-corrected chi connectivity index (χ0v) is 14.7. The number of amides is 2. The summed E-state index contributed by atoms with van der Waals surface area (Å²) in [6.07, 6.45) is 8.84. The zero-order chi connectivity index (χ0) is 17.3. The van der Waals surface area contributed by atoms with Gasteiger partial charge in [0.2, 0.25) is 5.91 Å². The van der Waals surface area contributed by atoms with E-state index in [2.05, 4.69) is 15.6 Å². The number of thiazole rings is 1. The van der Waals surface area contributed by atoms with E-state index in [1.165, 1.54) is 24.2 Å². The quantitative estimate of drug-likeness (QED) is 0.830. The molecule has 0 saturated heterocycles. The highest BCUT2D eigenvalue weighted by molar-refractivity contribution is 7.13. The number of hydrogen-bond acceptors (Lipinski definition) is 5. The number of aromatic nitrogens is 1. The largest absolute Gasteiger partial charge is 0.472 e. The van der Waals surface area contributed by atoms with Gasteiger partial charge in [-0.15, -0.1) is 11.3 Å². The van der Waals surface area contributed by atoms with Crippen molar-refractivity contribution in [3.05, 3.63) is 29.7 Å². The van der Waals surface area contributed by atoms with E-state index in [0.29, 0.717) is 24.5 Å². The molecule has 25 heavy (non-hydrogen) atoms. The Bertz CT molecular complexity index is 758. The molecule has 2 heterocycles. The highest BCUT2D eigenvalue weighted by Gasteiger charge is 2.43. The van der Waals surface area contributed by atoms with Crippen molar-refractivity contribution in [3.63, 3.8) is 0 Å². The zero-order valence-electron chi connectivity index (χ0n) is 13.9. The van der Waals surface area contributed by atoms with Crippen molar-refractivity contribution in [2.24, 2.45) is 5.92 Å². The Morgan fingerprint density at radius 1 is 1.32 bits per heavy atom. The molecular weight excluding hydrogens is 338 g/mol. The maximum Gasteiger partial charge on any atom is 0.271 e. The van der Waals surface area contributed by atoms with Crippen LogP contribution in [0.3, 0.4) is 0 Å². The molecule has 2 N–H and O–H groups in total. The van der Waals surface area contributed by atoms with Crippen LogP contribution < -0.4 is 10.6 Å². The maximum atomic E-state index is 12.7. The molecule has 2 aromatic rings. The molecule has 2 aliphatic rings. The summed E-state index contributed by atoms with van der Waals surface area (Å²) in [5.41, 5.74) is 0.412. The molecule has 0 spiro atoms. The molecule has 0 aliphatic heterocycles. The van der Waals surface area contributed by atoms with Gasteiger partial charge in [0.05, 0.1) is 6.26 Å². The van der Waals surface area contributed by atoms with E-state index in [1.807, 2.05) is 6.07 Å². The molecule has 6 nitrogen and oxygen atoms in total. The summed E-state index contributed by atoms with van der Waals surface area (Å²) in [6, 6.07) is 1.81. The average Bonchev–Trinajstić information content (AvgIpc) is 3.07. The highest BCUT2D eigenvalue weighted by atomic mass is 32.1. The van der Waals surface area contributed by atoms with E-state index in [1.54, 1.807) is 17.9 Å². The van der Waals surface area contributed by atoms with Crippen molar-refractivity contribution < 1.29 is 14.0 Å². The third-order valence-corrected chi connectivity index (χ3v) is 5.89. The van der Waals surface area contributed by atoms with Crippen LogP contribution in [0.5, 0.6) is 0 Å². The minimum Gasteiger partial charge on any atom is -0.472 e. The molecule has 2 amide bonds. The SMILES string of the molecule is O=C(NC1(C(=O)NCC2CC2)CCCC1)c1csc(-c2ccoc2)n1. The molecule has 4 rings (SSSR count). The Morgan fingerprint density at radius 2 is 2.12 bits per heavy atom. The van der Waals surface area contributed by atoms with Crippen LogP contribution in [0.15, 0.2) is 28.4 Å². The minimum atomic E-state index is -0.786. The molecule has 0 atom stereocenters. The second-order valence-corrected chi connectivity index (χ2v) is 7.80. The number of rotatable bonds is 6. The Balaban J connectivity index is 1.46. The molecule has 2 aliphatic carbocycles. The third-order valence-electron chi connectivity index (χ3n) is 5.00. The lowest BCUT2D eigenvalue weighted by molar-refractivity contribution is -0.127. The van der Waals surface area contributed by atoms with Crippen LogP contribution in [-0.2, 0) is 4.79 Å². The van der Waals surface area contributed by atoms with Gasteiger partial charge in [-0.3, -0.25) is 9.59 Å². The lowest BCUT2D eigenvalue weighted by atomic mass is 9.96. The van der Waals surface area contributed by atoms with Gasteiger partial charge in [0.15, 0.2) is 0 Å². The molecule has 0 unspecified atom stereocenters. The Labute approximate surface area is 150 Å². The summed E-state index contributed by atoms with van der Waals surface area (Å²) in [5, 5.41) is 8.47. The van der Waals surface area contributed by atoms with Crippen molar-refractivity contribution in [1.82, 2.24) is 15.6 Å². The van der Waals surface area contributed by atoms with E-state index in [0.717, 1.165) is 30.0 Å². The normalized spacial score (nSPS) is 18.9. The van der Waals surface area contributed by atoms with Crippen LogP contribution in [-0.4, -0.2) is 28.9 Å². The van der Waals surface area contributed by atoms with Crippen molar-refractivity contribution in [2.45, 2.75) is 44.1 Å². The van der Waals surface area contributed by atoms with Gasteiger partial charge in [0.1, 0.15) is 22.5 Å². The van der Waals surface area contributed by atoms with Gasteiger partial charge in [-0.05, 0) is 37.7 Å². The summed E-state index contributed by atoms with van der Waals surface area (Å²) in [6.45, 7) is 0.720. The van der Waals surface area contributed by atoms with Crippen LogP contribution in [0.4, 0.5) is 0 Å². The summed E-state index contributed by atoms with van der Waals surface area (Å²) in [5.74, 6) is 0.291. The van der Waals surface area contributed by atoms with Gasteiger partial charge >= 0.3 is 0 Å². The smallest absolute Gasteiger partial charge is 0.271 e. The molecule has 0 aromatic carbocycles. The molecule has 7 heteroatoms. The maximum absolute atomic E-state index is 12.7. The molecule has 0 bridgehead atoms. The number of nitrogens with one attached hydrogen (secondary N) is 2. The van der Waals surface area contributed by atoms with Gasteiger partial charge in [-0.2, -0.15) is 0 Å². The number of carbonyl (C=O) groups is 2. The van der Waals surface area contributed by atoms with Gasteiger partial charge in [-0.25, -0.2) is 4.98 Å². The number of carbonyl (C=O) groups excluding carboxylic acids is 2. The summed E-state index contributed by atoms with van der Waals surface area (Å²) >= 11 is 1.39. The van der Waals surface area contributed by atoms with Crippen LogP contribution in [0.2, 0.25) is 0 Å². The molecule has 0 radical (unpaired) electrons. The Morgan fingerprint density at radius 3 is 2.80 bits per heavy atom. The first kappa shape index (κ1) is 16.3.